The summed E-state index contributed by atoms with van der Waals surface area (Å²) < 4.78 is 0. The minimum absolute atomic E-state index is 0.308. The molecule has 1 aromatic rings. The number of amides is 1. The molecule has 3 heterocycles. The normalized spacial score (nSPS) is 25.1. The summed E-state index contributed by atoms with van der Waals surface area (Å²) in [7, 11) is 4.15. The Kier molecular flexibility index (Phi) is 6.07. The highest BCUT2D eigenvalue weighted by Gasteiger charge is 2.41. The number of aromatic nitrogens is 1. The summed E-state index contributed by atoms with van der Waals surface area (Å²) >= 11 is 0. The van der Waals surface area contributed by atoms with Crippen molar-refractivity contribution in [1.29, 1.82) is 0 Å². The maximum atomic E-state index is 12.3. The second kappa shape index (κ2) is 8.28. The lowest BCUT2D eigenvalue weighted by atomic mass is 9.73. The number of hydrogen-bond donors (Lipinski definition) is 0. The van der Waals surface area contributed by atoms with Crippen LogP contribution in [0.2, 0.25) is 0 Å². The monoisotopic (exact) mass is 344 g/mol. The number of nitrogens with zero attached hydrogens (tertiary/aromatic N) is 4. The van der Waals surface area contributed by atoms with Gasteiger partial charge in [-0.15, -0.1) is 0 Å². The Morgan fingerprint density at radius 1 is 1.20 bits per heavy atom. The van der Waals surface area contributed by atoms with Crippen LogP contribution in [0.15, 0.2) is 24.4 Å². The molecule has 0 unspecified atom stereocenters. The minimum atomic E-state index is 0.308. The smallest absolute Gasteiger partial charge is 0.222 e. The van der Waals surface area contributed by atoms with Crippen molar-refractivity contribution in [3.8, 4) is 0 Å². The molecule has 0 aliphatic carbocycles. The maximum absolute atomic E-state index is 12.3. The summed E-state index contributed by atoms with van der Waals surface area (Å²) in [6.07, 6.45) is 7.19. The van der Waals surface area contributed by atoms with Crippen LogP contribution >= 0.6 is 0 Å². The van der Waals surface area contributed by atoms with E-state index in [0.717, 1.165) is 52.0 Å². The van der Waals surface area contributed by atoms with Crippen LogP contribution in [0, 0.1) is 5.41 Å². The third kappa shape index (κ3) is 5.02. The SMILES string of the molecule is CN(C)CCN1C[C@@]2(CCCN(CCc3ccccn3)C2)CCC1=O. The Hall–Kier alpha value is -1.46. The highest BCUT2D eigenvalue weighted by molar-refractivity contribution is 5.77. The van der Waals surface area contributed by atoms with Crippen LogP contribution in [0.5, 0.6) is 0 Å². The third-order valence-electron chi connectivity index (χ3n) is 5.72. The molecule has 138 valence electrons. The lowest BCUT2D eigenvalue weighted by Crippen LogP contribution is -2.55. The van der Waals surface area contributed by atoms with E-state index in [2.05, 4.69) is 45.9 Å². The van der Waals surface area contributed by atoms with Gasteiger partial charge in [-0.05, 0) is 52.0 Å². The van der Waals surface area contributed by atoms with Crippen LogP contribution in [-0.2, 0) is 11.2 Å². The molecule has 2 saturated heterocycles. The first-order valence-electron chi connectivity index (χ1n) is 9.61. The predicted octanol–water partition coefficient (Wildman–Crippen LogP) is 1.89. The zero-order valence-electron chi connectivity index (χ0n) is 15.8. The molecule has 5 nitrogen and oxygen atoms in total. The van der Waals surface area contributed by atoms with Crippen molar-refractivity contribution in [3.63, 3.8) is 0 Å². The van der Waals surface area contributed by atoms with Gasteiger partial charge in [-0.1, -0.05) is 6.07 Å². The molecule has 0 radical (unpaired) electrons. The average Bonchev–Trinajstić information content (AvgIpc) is 2.62. The van der Waals surface area contributed by atoms with Crippen LogP contribution in [0.4, 0.5) is 0 Å². The topological polar surface area (TPSA) is 39.7 Å². The molecule has 1 amide bonds. The molecule has 1 atom stereocenters. The number of hydrogen-bond acceptors (Lipinski definition) is 4. The fraction of sp³-hybridized carbons (Fsp3) is 0.700. The van der Waals surface area contributed by atoms with Gasteiger partial charge < -0.3 is 14.7 Å². The van der Waals surface area contributed by atoms with Gasteiger partial charge in [0.05, 0.1) is 0 Å². The van der Waals surface area contributed by atoms with Gasteiger partial charge in [-0.25, -0.2) is 0 Å². The van der Waals surface area contributed by atoms with Gasteiger partial charge in [0.25, 0.3) is 0 Å². The molecule has 0 aromatic carbocycles. The van der Waals surface area contributed by atoms with Gasteiger partial charge in [0, 0.05) is 62.9 Å². The highest BCUT2D eigenvalue weighted by atomic mass is 16.2. The molecule has 25 heavy (non-hydrogen) atoms. The summed E-state index contributed by atoms with van der Waals surface area (Å²) in [5.41, 5.74) is 1.48. The molecule has 2 aliphatic heterocycles. The fourth-order valence-corrected chi connectivity index (χ4v) is 4.28. The van der Waals surface area contributed by atoms with E-state index in [1.54, 1.807) is 0 Å². The number of carbonyl (C=O) groups is 1. The Morgan fingerprint density at radius 3 is 2.84 bits per heavy atom. The Labute approximate surface area is 152 Å². The van der Waals surface area contributed by atoms with Gasteiger partial charge in [0.1, 0.15) is 0 Å². The van der Waals surface area contributed by atoms with Crippen molar-refractivity contribution in [2.45, 2.75) is 32.1 Å². The minimum Gasteiger partial charge on any atom is -0.341 e. The van der Waals surface area contributed by atoms with Crippen LogP contribution in [0.3, 0.4) is 0 Å². The summed E-state index contributed by atoms with van der Waals surface area (Å²) in [5, 5.41) is 0. The molecule has 2 aliphatic rings. The van der Waals surface area contributed by atoms with Crippen molar-refractivity contribution in [2.75, 3.05) is 53.4 Å². The van der Waals surface area contributed by atoms with E-state index < -0.39 is 0 Å². The molecule has 1 aromatic heterocycles. The molecule has 0 bridgehead atoms. The molecule has 1 spiro atoms. The first kappa shape index (κ1) is 18.3. The van der Waals surface area contributed by atoms with Crippen molar-refractivity contribution >= 4 is 5.91 Å². The summed E-state index contributed by atoms with van der Waals surface area (Å²) in [4.78, 5) is 23.6. The van der Waals surface area contributed by atoms with E-state index in [1.165, 1.54) is 25.1 Å². The van der Waals surface area contributed by atoms with Crippen LogP contribution in [-0.4, -0.2) is 79.0 Å². The quantitative estimate of drug-likeness (QED) is 0.790. The van der Waals surface area contributed by atoms with Crippen LogP contribution in [0.25, 0.3) is 0 Å². The first-order valence-corrected chi connectivity index (χ1v) is 9.61. The first-order chi connectivity index (χ1) is 12.1. The summed E-state index contributed by atoms with van der Waals surface area (Å²) in [5.74, 6) is 0.345. The molecule has 0 N–H and O–H groups in total. The van der Waals surface area contributed by atoms with Gasteiger partial charge in [-0.2, -0.15) is 0 Å². The molecule has 2 fully saturated rings. The van der Waals surface area contributed by atoms with E-state index in [9.17, 15) is 4.79 Å². The largest absolute Gasteiger partial charge is 0.341 e. The van der Waals surface area contributed by atoms with Gasteiger partial charge in [-0.3, -0.25) is 9.78 Å². The van der Waals surface area contributed by atoms with E-state index in [0.29, 0.717) is 11.3 Å². The van der Waals surface area contributed by atoms with Crippen LogP contribution in [0.1, 0.15) is 31.4 Å². The Bertz CT molecular complexity index is 562. The summed E-state index contributed by atoms with van der Waals surface area (Å²) in [6.45, 7) is 6.14. The molecule has 3 rings (SSSR count). The lowest BCUT2D eigenvalue weighted by Gasteiger charge is -2.48. The number of likely N-dealkylation sites (N-methyl/N-ethyl adjacent to an activating group) is 1. The van der Waals surface area contributed by atoms with Crippen LogP contribution < -0.4 is 0 Å². The number of pyridine rings is 1. The maximum Gasteiger partial charge on any atom is 0.222 e. The second-order valence-corrected chi connectivity index (χ2v) is 8.07. The van der Waals surface area contributed by atoms with Crippen molar-refractivity contribution < 1.29 is 4.79 Å². The molecule has 5 heteroatoms. The molecule has 0 saturated carbocycles. The van der Waals surface area contributed by atoms with E-state index >= 15 is 0 Å². The zero-order chi connectivity index (χ0) is 17.7. The summed E-state index contributed by atoms with van der Waals surface area (Å²) in [6, 6.07) is 6.15. The molecular weight excluding hydrogens is 312 g/mol. The Morgan fingerprint density at radius 2 is 2.08 bits per heavy atom. The standard InChI is InChI=1S/C20H32N4O/c1-22(2)14-15-24-17-20(10-7-19(24)25)9-5-12-23(16-20)13-8-18-6-3-4-11-21-18/h3-4,6,11H,5,7-10,12-17H2,1-2H3/t20-/m0/s1. The number of carbonyl (C=O) groups excluding carboxylic acids is 1. The third-order valence-corrected chi connectivity index (χ3v) is 5.72. The average molecular weight is 345 g/mol. The number of piperidine rings is 2. The van der Waals surface area contributed by atoms with Gasteiger partial charge >= 0.3 is 0 Å². The van der Waals surface area contributed by atoms with Gasteiger partial charge in [0.15, 0.2) is 0 Å². The van der Waals surface area contributed by atoms with Crippen molar-refractivity contribution in [3.05, 3.63) is 30.1 Å². The fourth-order valence-electron chi connectivity index (χ4n) is 4.28. The highest BCUT2D eigenvalue weighted by Crippen LogP contribution is 2.38. The predicted molar refractivity (Wildman–Crippen MR) is 100 cm³/mol. The van der Waals surface area contributed by atoms with Gasteiger partial charge in [0.2, 0.25) is 5.91 Å². The molecular formula is C20H32N4O. The van der Waals surface area contributed by atoms with E-state index in [-0.39, 0.29) is 0 Å². The Balaban J connectivity index is 1.56. The number of rotatable bonds is 6. The second-order valence-electron chi connectivity index (χ2n) is 8.07. The van der Waals surface area contributed by atoms with E-state index in [1.807, 2.05) is 12.3 Å². The lowest BCUT2D eigenvalue weighted by molar-refractivity contribution is -0.139. The van der Waals surface area contributed by atoms with Crippen molar-refractivity contribution in [1.82, 2.24) is 19.7 Å². The zero-order valence-corrected chi connectivity index (χ0v) is 15.8. The van der Waals surface area contributed by atoms with Crippen molar-refractivity contribution in [2.24, 2.45) is 5.41 Å². The number of likely N-dealkylation sites (tertiary alicyclic amines) is 2. The van der Waals surface area contributed by atoms with E-state index in [4.69, 9.17) is 0 Å².